The minimum atomic E-state index is -0.441. The number of carbonyl (C=O) groups excluding carboxylic acids is 2. The highest BCUT2D eigenvalue weighted by Crippen LogP contribution is 2.32. The number of phenolic OH excluding ortho intramolecular Hbond substituents is 2. The van der Waals surface area contributed by atoms with Crippen LogP contribution >= 0.6 is 23.2 Å². The third kappa shape index (κ3) is 5.88. The van der Waals surface area contributed by atoms with E-state index in [-0.39, 0.29) is 34.3 Å². The van der Waals surface area contributed by atoms with Gasteiger partial charge in [0.05, 0.1) is 18.6 Å². The molecule has 2 aromatic carbocycles. The van der Waals surface area contributed by atoms with Gasteiger partial charge in [0.25, 0.3) is 0 Å². The number of rotatable bonds is 7. The predicted molar refractivity (Wildman–Crippen MR) is 105 cm³/mol. The topological polar surface area (TPSA) is 83.8 Å². The highest BCUT2D eigenvalue weighted by molar-refractivity contribution is 6.35. The fourth-order valence-electron chi connectivity index (χ4n) is 2.17. The van der Waals surface area contributed by atoms with Crippen molar-refractivity contribution in [2.45, 2.75) is 6.42 Å². The van der Waals surface area contributed by atoms with Crippen molar-refractivity contribution in [3.05, 3.63) is 63.7 Å². The van der Waals surface area contributed by atoms with E-state index in [1.54, 1.807) is 12.1 Å². The average Bonchev–Trinajstić information content (AvgIpc) is 2.62. The van der Waals surface area contributed by atoms with Gasteiger partial charge in [-0.1, -0.05) is 35.3 Å². The summed E-state index contributed by atoms with van der Waals surface area (Å²) in [6.07, 6.45) is 4.97. The van der Waals surface area contributed by atoms with Crippen molar-refractivity contribution in [2.75, 3.05) is 7.11 Å². The van der Waals surface area contributed by atoms with E-state index in [0.29, 0.717) is 10.6 Å². The van der Waals surface area contributed by atoms with E-state index < -0.39 is 11.6 Å². The van der Waals surface area contributed by atoms with Gasteiger partial charge >= 0.3 is 0 Å². The van der Waals surface area contributed by atoms with Gasteiger partial charge < -0.3 is 14.9 Å². The Balaban J connectivity index is 2.00. The number of methoxy groups -OCH3 is 1. The van der Waals surface area contributed by atoms with Crippen LogP contribution in [-0.2, 0) is 9.59 Å². The van der Waals surface area contributed by atoms with Crippen LogP contribution in [0.5, 0.6) is 17.2 Å². The van der Waals surface area contributed by atoms with Gasteiger partial charge in [0.1, 0.15) is 5.75 Å². The third-order valence-electron chi connectivity index (χ3n) is 3.52. The quantitative estimate of drug-likeness (QED) is 0.515. The minimum absolute atomic E-state index is 0.00865. The monoisotopic (exact) mass is 406 g/mol. The maximum Gasteiger partial charge on any atom is 0.163 e. The van der Waals surface area contributed by atoms with Gasteiger partial charge in [-0.3, -0.25) is 9.59 Å². The van der Waals surface area contributed by atoms with Crippen LogP contribution < -0.4 is 4.74 Å². The first kappa shape index (κ1) is 20.6. The Morgan fingerprint density at radius 2 is 1.70 bits per heavy atom. The Morgan fingerprint density at radius 3 is 2.37 bits per heavy atom. The first-order chi connectivity index (χ1) is 12.8. The smallest absolute Gasteiger partial charge is 0.163 e. The number of hydrogen-bond donors (Lipinski definition) is 2. The Labute approximate surface area is 166 Å². The molecule has 2 rings (SSSR count). The Bertz CT molecular complexity index is 932. The maximum absolute atomic E-state index is 11.9. The Hall–Kier alpha value is -2.76. The zero-order valence-corrected chi connectivity index (χ0v) is 15.8. The van der Waals surface area contributed by atoms with Crippen LogP contribution in [0.1, 0.15) is 17.5 Å². The van der Waals surface area contributed by atoms with Gasteiger partial charge in [0.2, 0.25) is 0 Å². The van der Waals surface area contributed by atoms with E-state index in [4.69, 9.17) is 27.9 Å². The summed E-state index contributed by atoms with van der Waals surface area (Å²) in [5.74, 6) is -0.764. The van der Waals surface area contributed by atoms with Crippen molar-refractivity contribution >= 4 is 46.9 Å². The highest BCUT2D eigenvalue weighted by Gasteiger charge is 2.08. The van der Waals surface area contributed by atoms with Crippen molar-refractivity contribution in [3.8, 4) is 17.2 Å². The van der Waals surface area contributed by atoms with Crippen LogP contribution in [0.3, 0.4) is 0 Å². The summed E-state index contributed by atoms with van der Waals surface area (Å²) in [5, 5.41) is 19.7. The lowest BCUT2D eigenvalue weighted by atomic mass is 10.1. The molecular weight excluding hydrogens is 391 g/mol. The zero-order valence-electron chi connectivity index (χ0n) is 14.3. The summed E-state index contributed by atoms with van der Waals surface area (Å²) < 4.78 is 4.99. The Morgan fingerprint density at radius 1 is 1.04 bits per heavy atom. The number of halogens is 2. The molecule has 0 saturated carbocycles. The zero-order chi connectivity index (χ0) is 20.0. The SMILES string of the molecule is COc1cc(C=CC(=O)CC(=O)C=Cc2cc(Cl)cc(Cl)c2O)ccc1O. The van der Waals surface area contributed by atoms with Crippen molar-refractivity contribution < 1.29 is 24.5 Å². The summed E-state index contributed by atoms with van der Waals surface area (Å²) in [6.45, 7) is 0. The lowest BCUT2D eigenvalue weighted by Gasteiger charge is -2.03. The summed E-state index contributed by atoms with van der Waals surface area (Å²) in [7, 11) is 1.42. The second kappa shape index (κ2) is 9.26. The van der Waals surface area contributed by atoms with E-state index in [2.05, 4.69) is 0 Å². The largest absolute Gasteiger partial charge is 0.506 e. The molecule has 0 radical (unpaired) electrons. The van der Waals surface area contributed by atoms with Crippen LogP contribution in [0.15, 0.2) is 42.5 Å². The first-order valence-electron chi connectivity index (χ1n) is 7.77. The predicted octanol–water partition coefficient (Wildman–Crippen LogP) is 4.67. The molecule has 0 heterocycles. The fraction of sp³-hybridized carbons (Fsp3) is 0.100. The minimum Gasteiger partial charge on any atom is -0.506 e. The van der Waals surface area contributed by atoms with Crippen molar-refractivity contribution in [1.82, 2.24) is 0 Å². The molecule has 27 heavy (non-hydrogen) atoms. The Kier molecular flexibility index (Phi) is 7.05. The number of carbonyl (C=O) groups is 2. The number of hydrogen-bond acceptors (Lipinski definition) is 5. The molecule has 7 heteroatoms. The lowest BCUT2D eigenvalue weighted by Crippen LogP contribution is -2.01. The van der Waals surface area contributed by atoms with Crippen LogP contribution in [0.2, 0.25) is 10.0 Å². The molecule has 0 aliphatic rings. The molecule has 0 fully saturated rings. The average molecular weight is 407 g/mol. The van der Waals surface area contributed by atoms with Crippen LogP contribution in [-0.4, -0.2) is 28.9 Å². The second-order valence-corrected chi connectivity index (χ2v) is 6.38. The van der Waals surface area contributed by atoms with Crippen LogP contribution in [0.4, 0.5) is 0 Å². The number of aromatic hydroxyl groups is 2. The molecule has 0 saturated heterocycles. The number of benzene rings is 2. The van der Waals surface area contributed by atoms with E-state index >= 15 is 0 Å². The second-order valence-electron chi connectivity index (χ2n) is 5.53. The molecule has 140 valence electrons. The summed E-state index contributed by atoms with van der Waals surface area (Å²) in [4.78, 5) is 23.8. The third-order valence-corrected chi connectivity index (χ3v) is 4.03. The molecular formula is C20H16Cl2O5. The van der Waals surface area contributed by atoms with Gasteiger partial charge in [-0.2, -0.15) is 0 Å². The number of phenols is 2. The summed E-state index contributed by atoms with van der Waals surface area (Å²) >= 11 is 11.7. The van der Waals surface area contributed by atoms with Gasteiger partial charge in [0.15, 0.2) is 23.1 Å². The molecule has 0 aliphatic carbocycles. The molecule has 0 atom stereocenters. The van der Waals surface area contributed by atoms with E-state index in [1.807, 2.05) is 0 Å². The van der Waals surface area contributed by atoms with Gasteiger partial charge in [-0.25, -0.2) is 0 Å². The number of ketones is 2. The summed E-state index contributed by atoms with van der Waals surface area (Å²) in [6, 6.07) is 7.44. The standard InChI is InChI=1S/C20H16Cl2O5/c1-27-19-8-12(3-7-18(19)25)2-5-15(23)11-16(24)6-4-13-9-14(21)10-17(22)20(13)26/h2-10,25-26H,11H2,1H3. The van der Waals surface area contributed by atoms with E-state index in [0.717, 1.165) is 0 Å². The molecule has 0 aliphatic heterocycles. The molecule has 0 amide bonds. The van der Waals surface area contributed by atoms with Crippen LogP contribution in [0, 0.1) is 0 Å². The molecule has 2 aromatic rings. The van der Waals surface area contributed by atoms with Crippen molar-refractivity contribution in [1.29, 1.82) is 0 Å². The van der Waals surface area contributed by atoms with Gasteiger partial charge in [-0.15, -0.1) is 0 Å². The van der Waals surface area contributed by atoms with E-state index in [9.17, 15) is 19.8 Å². The van der Waals surface area contributed by atoms with E-state index in [1.165, 1.54) is 49.6 Å². The lowest BCUT2D eigenvalue weighted by molar-refractivity contribution is -0.121. The van der Waals surface area contributed by atoms with Crippen LogP contribution in [0.25, 0.3) is 12.2 Å². The molecule has 0 aromatic heterocycles. The first-order valence-corrected chi connectivity index (χ1v) is 8.52. The molecule has 5 nitrogen and oxygen atoms in total. The summed E-state index contributed by atoms with van der Waals surface area (Å²) in [5.41, 5.74) is 0.916. The molecule has 0 bridgehead atoms. The van der Waals surface area contributed by atoms with Crippen molar-refractivity contribution in [2.24, 2.45) is 0 Å². The fourth-order valence-corrected chi connectivity index (χ4v) is 2.68. The normalized spacial score (nSPS) is 11.2. The van der Waals surface area contributed by atoms with Gasteiger partial charge in [-0.05, 0) is 48.1 Å². The highest BCUT2D eigenvalue weighted by atomic mass is 35.5. The molecule has 0 spiro atoms. The molecule has 2 N–H and O–H groups in total. The van der Waals surface area contributed by atoms with Crippen molar-refractivity contribution in [3.63, 3.8) is 0 Å². The number of allylic oxidation sites excluding steroid dienone is 2. The van der Waals surface area contributed by atoms with Gasteiger partial charge in [0, 0.05) is 10.6 Å². The maximum atomic E-state index is 11.9. The number of ether oxygens (including phenoxy) is 1. The molecule has 0 unspecified atom stereocenters.